The second kappa shape index (κ2) is 9.71. The molecule has 1 aromatic heterocycles. The van der Waals surface area contributed by atoms with Gasteiger partial charge in [-0.25, -0.2) is 4.68 Å². The number of nitrogens with one attached hydrogen (secondary N) is 2. The van der Waals surface area contributed by atoms with Gasteiger partial charge in [-0.2, -0.15) is 5.10 Å². The molecule has 2 N–H and O–H groups in total. The zero-order valence-corrected chi connectivity index (χ0v) is 18.0. The molecule has 8 nitrogen and oxygen atoms in total. The fraction of sp³-hybridized carbons (Fsp3) is 0.217. The lowest BCUT2D eigenvalue weighted by Gasteiger charge is -2.07. The summed E-state index contributed by atoms with van der Waals surface area (Å²) < 4.78 is 12.7. The van der Waals surface area contributed by atoms with Gasteiger partial charge < -0.3 is 14.3 Å². The first-order valence-corrected chi connectivity index (χ1v) is 9.68. The number of nitrogens with zero attached hydrogens (tertiary/aromatic N) is 3. The normalized spacial score (nSPS) is 10.8. The molecule has 2 aromatic carbocycles. The Morgan fingerprint density at radius 1 is 1.06 bits per heavy atom. The first-order valence-electron chi connectivity index (χ1n) is 9.68. The molecule has 3 rings (SSSR count). The Morgan fingerprint density at radius 2 is 1.74 bits per heavy atom. The fourth-order valence-electron chi connectivity index (χ4n) is 2.81. The lowest BCUT2D eigenvalue weighted by atomic mass is 10.1. The Hall–Kier alpha value is -3.94. The number of benzene rings is 2. The van der Waals surface area contributed by atoms with Crippen molar-refractivity contribution in [2.24, 2.45) is 12.2 Å². The maximum atomic E-state index is 7.79. The van der Waals surface area contributed by atoms with Crippen LogP contribution in [0.25, 0.3) is 0 Å². The average Bonchev–Trinajstić information content (AvgIpc) is 2.99. The van der Waals surface area contributed by atoms with Crippen LogP contribution in [0.5, 0.6) is 11.6 Å². The fourth-order valence-corrected chi connectivity index (χ4v) is 2.81. The topological polar surface area (TPSA) is 106 Å². The van der Waals surface area contributed by atoms with E-state index in [1.165, 1.54) is 6.92 Å². The van der Waals surface area contributed by atoms with E-state index in [-0.39, 0.29) is 18.4 Å². The molecule has 0 fully saturated rings. The molecular formula is C23H25N5O3. The number of hydrogen-bond donors (Lipinski definition) is 2. The smallest absolute Gasteiger partial charge is 0.226 e. The Morgan fingerprint density at radius 3 is 2.39 bits per heavy atom. The highest BCUT2D eigenvalue weighted by molar-refractivity contribution is 5.98. The summed E-state index contributed by atoms with van der Waals surface area (Å²) in [5.41, 5.74) is 4.15. The van der Waals surface area contributed by atoms with Crippen LogP contribution in [-0.2, 0) is 23.2 Å². The second-order valence-electron chi connectivity index (χ2n) is 7.04. The molecule has 0 atom stereocenters. The highest BCUT2D eigenvalue weighted by Gasteiger charge is 2.14. The largest absolute Gasteiger partial charge is 0.439 e. The molecule has 0 spiro atoms. The molecule has 0 unspecified atom stereocenters. The third-order valence-corrected chi connectivity index (χ3v) is 4.41. The second-order valence-corrected chi connectivity index (χ2v) is 7.04. The summed E-state index contributed by atoms with van der Waals surface area (Å²) >= 11 is 0. The Kier molecular flexibility index (Phi) is 6.81. The van der Waals surface area contributed by atoms with Gasteiger partial charge in [-0.05, 0) is 43.7 Å². The van der Waals surface area contributed by atoms with E-state index in [0.717, 1.165) is 28.1 Å². The predicted octanol–water partition coefficient (Wildman–Crippen LogP) is 4.72. The van der Waals surface area contributed by atoms with Crippen LogP contribution < -0.4 is 4.74 Å². The molecule has 1 heterocycles. The van der Waals surface area contributed by atoms with Crippen molar-refractivity contribution in [1.29, 1.82) is 10.8 Å². The van der Waals surface area contributed by atoms with E-state index in [0.29, 0.717) is 11.4 Å². The summed E-state index contributed by atoms with van der Waals surface area (Å²) in [7, 11) is 1.82. The minimum absolute atomic E-state index is 0.0248. The third-order valence-electron chi connectivity index (χ3n) is 4.41. The monoisotopic (exact) mass is 419 g/mol. The summed E-state index contributed by atoms with van der Waals surface area (Å²) in [5.74, 6) is 1.21. The first-order chi connectivity index (χ1) is 14.8. The average molecular weight is 419 g/mol. The van der Waals surface area contributed by atoms with Gasteiger partial charge in [-0.1, -0.05) is 35.0 Å². The standard InChI is InChI=1S/C23H25N5O3/c1-15-5-11-20(12-6-15)31-23-21(16(2)27-28(23)4)13-26-29-14-18-7-9-19(10-8-18)22(25)30-17(3)24/h5-13,24-25H,14H2,1-4H3/b24-17?,25-22?,26-13+. The van der Waals surface area contributed by atoms with Crippen LogP contribution in [-0.4, -0.2) is 27.8 Å². The van der Waals surface area contributed by atoms with Gasteiger partial charge in [0, 0.05) is 19.5 Å². The van der Waals surface area contributed by atoms with Gasteiger partial charge in [0.15, 0.2) is 5.90 Å². The predicted molar refractivity (Wildman–Crippen MR) is 119 cm³/mol. The number of aromatic nitrogens is 2. The molecule has 0 aliphatic heterocycles. The van der Waals surface area contributed by atoms with Gasteiger partial charge >= 0.3 is 0 Å². The van der Waals surface area contributed by atoms with Crippen LogP contribution >= 0.6 is 0 Å². The lowest BCUT2D eigenvalue weighted by molar-refractivity contribution is 0.132. The number of oxime groups is 1. The number of rotatable bonds is 7. The van der Waals surface area contributed by atoms with Gasteiger partial charge in [0.25, 0.3) is 0 Å². The summed E-state index contributed by atoms with van der Waals surface area (Å²) in [6, 6.07) is 14.9. The van der Waals surface area contributed by atoms with Crippen LogP contribution in [0, 0.1) is 24.7 Å². The molecule has 0 aliphatic rings. The molecule has 8 heteroatoms. The zero-order valence-electron chi connectivity index (χ0n) is 18.0. The number of ether oxygens (including phenoxy) is 2. The summed E-state index contributed by atoms with van der Waals surface area (Å²) in [6.45, 7) is 5.66. The van der Waals surface area contributed by atoms with Gasteiger partial charge in [0.2, 0.25) is 11.8 Å². The van der Waals surface area contributed by atoms with Crippen molar-refractivity contribution in [3.05, 3.63) is 76.5 Å². The van der Waals surface area contributed by atoms with E-state index in [9.17, 15) is 0 Å². The molecular weight excluding hydrogens is 394 g/mol. The molecule has 0 aliphatic carbocycles. The van der Waals surface area contributed by atoms with Gasteiger partial charge in [0.1, 0.15) is 12.4 Å². The number of aryl methyl sites for hydroxylation is 3. The highest BCUT2D eigenvalue weighted by atomic mass is 16.6. The van der Waals surface area contributed by atoms with Crippen molar-refractivity contribution in [1.82, 2.24) is 9.78 Å². The van der Waals surface area contributed by atoms with E-state index < -0.39 is 0 Å². The van der Waals surface area contributed by atoms with E-state index in [2.05, 4.69) is 10.3 Å². The maximum absolute atomic E-state index is 7.79. The van der Waals surface area contributed by atoms with Crippen molar-refractivity contribution in [3.63, 3.8) is 0 Å². The molecule has 3 aromatic rings. The van der Waals surface area contributed by atoms with Gasteiger partial charge in [-0.15, -0.1) is 0 Å². The quantitative estimate of drug-likeness (QED) is 0.328. The maximum Gasteiger partial charge on any atom is 0.226 e. The Bertz CT molecular complexity index is 1100. The summed E-state index contributed by atoms with van der Waals surface area (Å²) in [6.07, 6.45) is 1.59. The van der Waals surface area contributed by atoms with Crippen molar-refractivity contribution >= 4 is 18.0 Å². The van der Waals surface area contributed by atoms with E-state index in [4.69, 9.17) is 25.1 Å². The van der Waals surface area contributed by atoms with E-state index in [1.54, 1.807) is 23.0 Å². The van der Waals surface area contributed by atoms with Crippen LogP contribution in [0.2, 0.25) is 0 Å². The van der Waals surface area contributed by atoms with E-state index >= 15 is 0 Å². The molecule has 160 valence electrons. The minimum Gasteiger partial charge on any atom is -0.439 e. The van der Waals surface area contributed by atoms with Crippen molar-refractivity contribution in [2.75, 3.05) is 0 Å². The van der Waals surface area contributed by atoms with Crippen LogP contribution in [0.15, 0.2) is 53.7 Å². The molecule has 0 saturated carbocycles. The van der Waals surface area contributed by atoms with Crippen LogP contribution in [0.4, 0.5) is 0 Å². The van der Waals surface area contributed by atoms with Crippen molar-refractivity contribution in [3.8, 4) is 11.6 Å². The van der Waals surface area contributed by atoms with Crippen LogP contribution in [0.3, 0.4) is 0 Å². The Labute approximate surface area is 181 Å². The summed E-state index contributed by atoms with van der Waals surface area (Å²) in [5, 5.41) is 23.6. The van der Waals surface area contributed by atoms with Gasteiger partial charge in [0.05, 0.1) is 17.5 Å². The van der Waals surface area contributed by atoms with Gasteiger partial charge in [-0.3, -0.25) is 10.8 Å². The van der Waals surface area contributed by atoms with Crippen molar-refractivity contribution < 1.29 is 14.3 Å². The molecule has 0 bridgehead atoms. The SMILES string of the molecule is CC(=N)OC(=N)c1ccc(CO/N=C/c2c(C)nn(C)c2Oc2ccc(C)cc2)cc1. The van der Waals surface area contributed by atoms with E-state index in [1.807, 2.05) is 57.3 Å². The third kappa shape index (κ3) is 5.79. The first kappa shape index (κ1) is 21.8. The number of hydrogen-bond acceptors (Lipinski definition) is 7. The zero-order chi connectivity index (χ0) is 22.4. The molecule has 0 radical (unpaired) electrons. The molecule has 0 saturated heterocycles. The van der Waals surface area contributed by atoms with Crippen LogP contribution in [0.1, 0.15) is 34.9 Å². The minimum atomic E-state index is -0.0638. The molecule has 0 amide bonds. The Balaban J connectivity index is 1.63. The molecule has 31 heavy (non-hydrogen) atoms. The van der Waals surface area contributed by atoms with Crippen molar-refractivity contribution in [2.45, 2.75) is 27.4 Å². The summed E-state index contributed by atoms with van der Waals surface area (Å²) in [4.78, 5) is 5.43. The lowest BCUT2D eigenvalue weighted by Crippen LogP contribution is -2.08. The highest BCUT2D eigenvalue weighted by Crippen LogP contribution is 2.26.